The Labute approximate surface area is 162 Å². The average molecular weight is 370 g/mol. The van der Waals surface area contributed by atoms with E-state index in [1.807, 2.05) is 7.05 Å². The average Bonchev–Trinajstić information content (AvgIpc) is 3.21. The number of aliphatic hydroxyl groups excluding tert-OH is 1. The Balaban J connectivity index is 1.23. The molecule has 4 atom stereocenters. The third-order valence-corrected chi connectivity index (χ3v) is 5.91. The van der Waals surface area contributed by atoms with Crippen LogP contribution in [0.3, 0.4) is 0 Å². The molecule has 0 spiro atoms. The van der Waals surface area contributed by atoms with Gasteiger partial charge in [-0.15, -0.1) is 0 Å². The summed E-state index contributed by atoms with van der Waals surface area (Å²) in [6.45, 7) is 3.92. The van der Waals surface area contributed by atoms with Gasteiger partial charge in [0.1, 0.15) is 11.5 Å². The number of furan rings is 1. The Morgan fingerprint density at radius 3 is 2.89 bits per heavy atom. The third kappa shape index (κ3) is 4.63. The highest BCUT2D eigenvalue weighted by Crippen LogP contribution is 2.47. The van der Waals surface area contributed by atoms with Crippen LogP contribution in [0.4, 0.5) is 0 Å². The summed E-state index contributed by atoms with van der Waals surface area (Å²) in [5.74, 6) is 3.46. The van der Waals surface area contributed by atoms with Crippen molar-refractivity contribution in [1.29, 1.82) is 0 Å². The first-order valence-electron chi connectivity index (χ1n) is 10.2. The fourth-order valence-electron chi connectivity index (χ4n) is 4.25. The number of fused-ring (bicyclic) bond motifs is 1. The van der Waals surface area contributed by atoms with E-state index in [0.29, 0.717) is 25.6 Å². The highest BCUT2D eigenvalue weighted by atomic mass is 16.5. The summed E-state index contributed by atoms with van der Waals surface area (Å²) in [5.41, 5.74) is 2.68. The maximum absolute atomic E-state index is 10.4. The highest BCUT2D eigenvalue weighted by Gasteiger charge is 2.36. The molecule has 1 aromatic heterocycles. The van der Waals surface area contributed by atoms with Gasteiger partial charge in [0.05, 0.1) is 25.4 Å². The van der Waals surface area contributed by atoms with Gasteiger partial charge in [-0.05, 0) is 61.9 Å². The van der Waals surface area contributed by atoms with Crippen molar-refractivity contribution in [1.82, 2.24) is 4.90 Å². The summed E-state index contributed by atoms with van der Waals surface area (Å²) in [6, 6.07) is 12.7. The lowest BCUT2D eigenvalue weighted by atomic mass is 9.89. The van der Waals surface area contributed by atoms with Crippen LogP contribution >= 0.6 is 0 Å². The molecule has 0 unspecified atom stereocenters. The van der Waals surface area contributed by atoms with Crippen LogP contribution in [0, 0.1) is 5.92 Å². The van der Waals surface area contributed by atoms with Gasteiger partial charge in [0.25, 0.3) is 0 Å². The molecule has 4 heteroatoms. The van der Waals surface area contributed by atoms with Crippen LogP contribution in [-0.2, 0) is 17.7 Å². The standard InChI is InChI=1S/C23H31NO3/c1-16-12-21(16)23-11-10-19(27-23)14-24(2)13-18(25)15-26-22-9-5-7-17-6-3-4-8-20(17)22/h3-4,6,8,10-11,16,18,21-22,25H,5,7,9,12-15H2,1-2H3/t16-,18+,21+,22-/m1/s1. The van der Waals surface area contributed by atoms with Crippen LogP contribution in [0.15, 0.2) is 40.8 Å². The summed E-state index contributed by atoms with van der Waals surface area (Å²) in [4.78, 5) is 2.10. The van der Waals surface area contributed by atoms with Crippen LogP contribution < -0.4 is 0 Å². The number of hydrogen-bond acceptors (Lipinski definition) is 4. The van der Waals surface area contributed by atoms with E-state index in [2.05, 4.69) is 48.2 Å². The Morgan fingerprint density at radius 1 is 1.26 bits per heavy atom. The summed E-state index contributed by atoms with van der Waals surface area (Å²) >= 11 is 0. The second kappa shape index (κ2) is 8.17. The molecule has 2 aliphatic carbocycles. The van der Waals surface area contributed by atoms with Gasteiger partial charge in [0.2, 0.25) is 0 Å². The van der Waals surface area contributed by atoms with Crippen LogP contribution in [0.2, 0.25) is 0 Å². The molecule has 4 rings (SSSR count). The van der Waals surface area contributed by atoms with Gasteiger partial charge in [-0.25, -0.2) is 0 Å². The van der Waals surface area contributed by atoms with Crippen molar-refractivity contribution in [2.75, 3.05) is 20.2 Å². The molecular formula is C23H31NO3. The highest BCUT2D eigenvalue weighted by molar-refractivity contribution is 5.31. The monoisotopic (exact) mass is 369 g/mol. The van der Waals surface area contributed by atoms with E-state index in [9.17, 15) is 5.11 Å². The second-order valence-electron chi connectivity index (χ2n) is 8.39. The SMILES string of the molecule is C[C@@H]1C[C@@H]1c1ccc(CN(C)C[C@H](O)CO[C@@H]2CCCc3ccccc32)o1. The van der Waals surface area contributed by atoms with Crippen molar-refractivity contribution in [2.24, 2.45) is 5.92 Å². The van der Waals surface area contributed by atoms with E-state index in [-0.39, 0.29) is 6.10 Å². The molecule has 0 saturated heterocycles. The Kier molecular flexibility index (Phi) is 5.67. The fourth-order valence-corrected chi connectivity index (χ4v) is 4.25. The van der Waals surface area contributed by atoms with E-state index in [1.54, 1.807) is 0 Å². The van der Waals surface area contributed by atoms with Crippen LogP contribution in [0.5, 0.6) is 0 Å². The zero-order chi connectivity index (χ0) is 18.8. The number of hydrogen-bond donors (Lipinski definition) is 1. The number of aliphatic hydroxyl groups is 1. The lowest BCUT2D eigenvalue weighted by Crippen LogP contribution is -2.32. The zero-order valence-corrected chi connectivity index (χ0v) is 16.4. The van der Waals surface area contributed by atoms with Crippen molar-refractivity contribution in [3.05, 3.63) is 59.0 Å². The lowest BCUT2D eigenvalue weighted by molar-refractivity contribution is -0.0270. The number of ether oxygens (including phenoxy) is 1. The normalized spacial score (nSPS) is 25.4. The van der Waals surface area contributed by atoms with Crippen LogP contribution in [0.25, 0.3) is 0 Å². The van der Waals surface area contributed by atoms with Gasteiger partial charge in [-0.3, -0.25) is 4.90 Å². The molecule has 2 aliphatic rings. The molecule has 0 radical (unpaired) electrons. The van der Waals surface area contributed by atoms with Gasteiger partial charge in [-0.1, -0.05) is 31.2 Å². The maximum atomic E-state index is 10.4. The molecule has 1 saturated carbocycles. The van der Waals surface area contributed by atoms with Crippen molar-refractivity contribution < 1.29 is 14.3 Å². The minimum Gasteiger partial charge on any atom is -0.464 e. The Morgan fingerprint density at radius 2 is 2.07 bits per heavy atom. The maximum Gasteiger partial charge on any atom is 0.118 e. The molecule has 1 aromatic carbocycles. The first-order chi connectivity index (χ1) is 13.1. The molecule has 0 aliphatic heterocycles. The van der Waals surface area contributed by atoms with Crippen molar-refractivity contribution in [3.63, 3.8) is 0 Å². The number of benzene rings is 1. The van der Waals surface area contributed by atoms with E-state index in [1.165, 1.54) is 17.5 Å². The van der Waals surface area contributed by atoms with E-state index >= 15 is 0 Å². The predicted molar refractivity (Wildman–Crippen MR) is 106 cm³/mol. The van der Waals surface area contributed by atoms with Gasteiger partial charge >= 0.3 is 0 Å². The number of rotatable bonds is 8. The molecule has 146 valence electrons. The summed E-state index contributed by atoms with van der Waals surface area (Å²) in [7, 11) is 2.01. The summed E-state index contributed by atoms with van der Waals surface area (Å²) in [5, 5.41) is 10.4. The minimum atomic E-state index is -0.498. The fraction of sp³-hybridized carbons (Fsp3) is 0.565. The van der Waals surface area contributed by atoms with Gasteiger partial charge in [-0.2, -0.15) is 0 Å². The predicted octanol–water partition coefficient (Wildman–Crippen LogP) is 4.29. The lowest BCUT2D eigenvalue weighted by Gasteiger charge is -2.27. The van der Waals surface area contributed by atoms with E-state index < -0.39 is 6.10 Å². The van der Waals surface area contributed by atoms with Crippen molar-refractivity contribution >= 4 is 0 Å². The molecule has 1 fully saturated rings. The van der Waals surface area contributed by atoms with Crippen LogP contribution in [-0.4, -0.2) is 36.3 Å². The molecule has 1 N–H and O–H groups in total. The van der Waals surface area contributed by atoms with E-state index in [4.69, 9.17) is 9.15 Å². The third-order valence-electron chi connectivity index (χ3n) is 5.91. The number of aryl methyl sites for hydroxylation is 1. The quantitative estimate of drug-likeness (QED) is 0.754. The topological polar surface area (TPSA) is 45.8 Å². The van der Waals surface area contributed by atoms with Gasteiger partial charge < -0.3 is 14.3 Å². The largest absolute Gasteiger partial charge is 0.464 e. The first-order valence-corrected chi connectivity index (χ1v) is 10.2. The molecule has 27 heavy (non-hydrogen) atoms. The zero-order valence-electron chi connectivity index (χ0n) is 16.4. The molecular weight excluding hydrogens is 338 g/mol. The minimum absolute atomic E-state index is 0.114. The van der Waals surface area contributed by atoms with Crippen molar-refractivity contribution in [2.45, 2.75) is 57.3 Å². The van der Waals surface area contributed by atoms with Crippen molar-refractivity contribution in [3.8, 4) is 0 Å². The summed E-state index contributed by atoms with van der Waals surface area (Å²) < 4.78 is 12.0. The smallest absolute Gasteiger partial charge is 0.118 e. The molecule has 4 nitrogen and oxygen atoms in total. The molecule has 0 bridgehead atoms. The van der Waals surface area contributed by atoms with Gasteiger partial charge in [0.15, 0.2) is 0 Å². The number of nitrogens with zero attached hydrogens (tertiary/aromatic N) is 1. The number of likely N-dealkylation sites (N-methyl/N-ethyl adjacent to an activating group) is 1. The van der Waals surface area contributed by atoms with E-state index in [0.717, 1.165) is 36.7 Å². The molecule has 0 amide bonds. The molecule has 2 aromatic rings. The Hall–Kier alpha value is -1.62. The first kappa shape index (κ1) is 18.7. The summed E-state index contributed by atoms with van der Waals surface area (Å²) in [6.07, 6.45) is 4.17. The van der Waals surface area contributed by atoms with Gasteiger partial charge in [0, 0.05) is 12.5 Å². The Bertz CT molecular complexity index is 756. The molecule has 1 heterocycles. The van der Waals surface area contributed by atoms with Crippen LogP contribution in [0.1, 0.15) is 60.9 Å². The second-order valence-corrected chi connectivity index (χ2v) is 8.39.